The van der Waals surface area contributed by atoms with Crippen LogP contribution in [0.4, 0.5) is 0 Å². The third-order valence-electron chi connectivity index (χ3n) is 6.26. The van der Waals surface area contributed by atoms with E-state index in [1.807, 2.05) is 40.7 Å². The number of aromatic nitrogens is 1. The highest BCUT2D eigenvalue weighted by atomic mass is 35.5. The number of carbonyl (C=O) groups is 2. The van der Waals surface area contributed by atoms with Gasteiger partial charge in [-0.15, -0.1) is 0 Å². The molecule has 1 fully saturated rings. The number of hydrazine groups is 1. The van der Waals surface area contributed by atoms with Crippen molar-refractivity contribution in [2.45, 2.75) is 46.7 Å². The average Bonchev–Trinajstić information content (AvgIpc) is 3.28. The molecule has 0 unspecified atom stereocenters. The SMILES string of the molecule is Cc1cc(C)cc(C(=O)N(N(SN2CCN(Cc3ccc(Cl)nc3)/C2=N/[N+](=O)[O-])C(=O)c2ccccc2)C(C)(C)C)c1. The Kier molecular flexibility index (Phi) is 9.37. The average molecular weight is 610 g/mol. The van der Waals surface area contributed by atoms with Crippen LogP contribution in [-0.4, -0.2) is 65.0 Å². The maximum atomic E-state index is 14.2. The second kappa shape index (κ2) is 12.8. The van der Waals surface area contributed by atoms with Gasteiger partial charge >= 0.3 is 0 Å². The van der Waals surface area contributed by atoms with Crippen molar-refractivity contribution in [1.82, 2.24) is 23.6 Å². The highest BCUT2D eigenvalue weighted by molar-refractivity contribution is 7.95. The maximum Gasteiger partial charge on any atom is 0.285 e. The predicted octanol–water partition coefficient (Wildman–Crippen LogP) is 5.58. The molecule has 1 aliphatic heterocycles. The molecular formula is C29H32ClN7O4S. The van der Waals surface area contributed by atoms with Crippen LogP contribution < -0.4 is 0 Å². The van der Waals surface area contributed by atoms with Crippen molar-refractivity contribution in [1.29, 1.82) is 0 Å². The topological polar surface area (TPSA) is 115 Å². The summed E-state index contributed by atoms with van der Waals surface area (Å²) in [6.07, 6.45) is 1.59. The van der Waals surface area contributed by atoms with Crippen LogP contribution in [0, 0.1) is 24.0 Å². The van der Waals surface area contributed by atoms with Crippen molar-refractivity contribution in [2.24, 2.45) is 5.10 Å². The first-order valence-electron chi connectivity index (χ1n) is 13.2. The molecule has 1 aliphatic rings. The number of hydrazone groups is 1. The van der Waals surface area contributed by atoms with E-state index in [0.717, 1.165) is 28.8 Å². The minimum atomic E-state index is -0.860. The lowest BCUT2D eigenvalue weighted by Crippen LogP contribution is -2.56. The molecule has 0 atom stereocenters. The summed E-state index contributed by atoms with van der Waals surface area (Å²) in [5, 5.41) is 16.2. The number of hydrogen-bond donors (Lipinski definition) is 0. The van der Waals surface area contributed by atoms with E-state index in [9.17, 15) is 19.7 Å². The van der Waals surface area contributed by atoms with Crippen molar-refractivity contribution < 1.29 is 14.6 Å². The molecule has 0 radical (unpaired) electrons. The van der Waals surface area contributed by atoms with E-state index in [2.05, 4.69) is 10.1 Å². The number of hydrogen-bond acceptors (Lipinski definition) is 6. The van der Waals surface area contributed by atoms with Crippen molar-refractivity contribution in [3.05, 3.63) is 110 Å². The summed E-state index contributed by atoms with van der Waals surface area (Å²) in [6, 6.07) is 17.5. The van der Waals surface area contributed by atoms with Crippen LogP contribution >= 0.6 is 23.7 Å². The molecule has 11 nitrogen and oxygen atoms in total. The molecule has 0 bridgehead atoms. The summed E-state index contributed by atoms with van der Waals surface area (Å²) in [4.78, 5) is 45.7. The van der Waals surface area contributed by atoms with Crippen LogP contribution in [0.15, 0.2) is 72.0 Å². The normalized spacial score (nSPS) is 14.3. The van der Waals surface area contributed by atoms with Gasteiger partial charge in [0.1, 0.15) is 10.3 Å². The van der Waals surface area contributed by atoms with E-state index in [1.165, 1.54) is 9.42 Å². The fourth-order valence-electron chi connectivity index (χ4n) is 4.53. The van der Waals surface area contributed by atoms with Crippen molar-refractivity contribution in [2.75, 3.05) is 13.1 Å². The van der Waals surface area contributed by atoms with E-state index < -0.39 is 16.5 Å². The minimum Gasteiger partial charge on any atom is -0.331 e. The Hall–Kier alpha value is -4.16. The van der Waals surface area contributed by atoms with Crippen molar-refractivity contribution in [3.8, 4) is 0 Å². The zero-order valence-corrected chi connectivity index (χ0v) is 25.6. The van der Waals surface area contributed by atoms with Crippen LogP contribution in [0.1, 0.15) is 58.2 Å². The van der Waals surface area contributed by atoms with Gasteiger partial charge in [-0.25, -0.2) is 20.1 Å². The number of pyridine rings is 1. The van der Waals surface area contributed by atoms with Crippen molar-refractivity contribution >= 4 is 41.5 Å². The second-order valence-corrected chi connectivity index (χ2v) is 12.2. The Bertz CT molecular complexity index is 1480. The summed E-state index contributed by atoms with van der Waals surface area (Å²) < 4.78 is 2.83. The number of nitro groups is 1. The molecule has 42 heavy (non-hydrogen) atoms. The highest BCUT2D eigenvalue weighted by Gasteiger charge is 2.41. The third-order valence-corrected chi connectivity index (χ3v) is 7.51. The predicted molar refractivity (Wildman–Crippen MR) is 163 cm³/mol. The van der Waals surface area contributed by atoms with Crippen LogP contribution in [-0.2, 0) is 6.54 Å². The first kappa shape index (κ1) is 30.8. The number of benzene rings is 2. The van der Waals surface area contributed by atoms with Gasteiger partial charge < -0.3 is 4.90 Å². The molecule has 2 heterocycles. The summed E-state index contributed by atoms with van der Waals surface area (Å²) in [5.41, 5.74) is 2.51. The lowest BCUT2D eigenvalue weighted by Gasteiger charge is -2.43. The van der Waals surface area contributed by atoms with E-state index in [1.54, 1.807) is 70.0 Å². The van der Waals surface area contributed by atoms with Gasteiger partial charge in [0.15, 0.2) is 5.03 Å². The smallest absolute Gasteiger partial charge is 0.285 e. The molecule has 4 rings (SSSR count). The Morgan fingerprint density at radius 2 is 1.69 bits per heavy atom. The first-order valence-corrected chi connectivity index (χ1v) is 14.3. The van der Waals surface area contributed by atoms with Gasteiger partial charge in [-0.1, -0.05) is 53.1 Å². The molecule has 1 saturated heterocycles. The Morgan fingerprint density at radius 3 is 2.26 bits per heavy atom. The largest absolute Gasteiger partial charge is 0.331 e. The Balaban J connectivity index is 1.75. The molecule has 2 aromatic carbocycles. The van der Waals surface area contributed by atoms with Gasteiger partial charge in [0, 0.05) is 30.4 Å². The van der Waals surface area contributed by atoms with Crippen LogP contribution in [0.3, 0.4) is 0 Å². The second-order valence-electron chi connectivity index (χ2n) is 10.8. The molecule has 13 heteroatoms. The Labute approximate surface area is 254 Å². The molecule has 0 aliphatic carbocycles. The van der Waals surface area contributed by atoms with Gasteiger partial charge in [0.05, 0.1) is 24.2 Å². The third kappa shape index (κ3) is 7.37. The fraction of sp³-hybridized carbons (Fsp3) is 0.310. The van der Waals surface area contributed by atoms with Crippen LogP contribution in [0.25, 0.3) is 0 Å². The molecule has 3 aromatic rings. The maximum absolute atomic E-state index is 14.2. The number of aryl methyl sites for hydroxylation is 2. The number of guanidine groups is 1. The summed E-state index contributed by atoms with van der Waals surface area (Å²) >= 11 is 6.82. The monoisotopic (exact) mass is 609 g/mol. The quantitative estimate of drug-likeness (QED) is 0.148. The van der Waals surface area contributed by atoms with Gasteiger partial charge in [0.25, 0.3) is 17.8 Å². The summed E-state index contributed by atoms with van der Waals surface area (Å²) in [5.74, 6) is -0.810. The zero-order chi connectivity index (χ0) is 30.6. The molecule has 0 spiro atoms. The number of halogens is 1. The zero-order valence-electron chi connectivity index (χ0n) is 24.0. The summed E-state index contributed by atoms with van der Waals surface area (Å²) in [7, 11) is 0. The van der Waals surface area contributed by atoms with E-state index in [0.29, 0.717) is 29.4 Å². The molecule has 220 valence electrons. The highest BCUT2D eigenvalue weighted by Crippen LogP contribution is 2.32. The first-order chi connectivity index (χ1) is 19.8. The molecule has 0 saturated carbocycles. The van der Waals surface area contributed by atoms with Crippen LogP contribution in [0.5, 0.6) is 0 Å². The molecular weight excluding hydrogens is 578 g/mol. The van der Waals surface area contributed by atoms with Gasteiger partial charge in [0.2, 0.25) is 0 Å². The van der Waals surface area contributed by atoms with Gasteiger partial charge in [-0.2, -0.15) is 4.41 Å². The van der Waals surface area contributed by atoms with E-state index >= 15 is 0 Å². The number of nitrogens with zero attached hydrogens (tertiary/aromatic N) is 7. The van der Waals surface area contributed by atoms with Gasteiger partial charge in [-0.3, -0.25) is 13.9 Å². The standard InChI is InChI=1S/C29H32ClN7O4S/c1-20-15-21(2)17-24(16-20)26(38)35(29(3,4)5)36(27(39)23-9-7-6-8-10-23)42-34-14-13-33(28(34)32-37(40)41)19-22-11-12-25(30)31-18-22/h6-12,15-18H,13-14,19H2,1-5H3/b32-28-. The Morgan fingerprint density at radius 1 is 1.02 bits per heavy atom. The fourth-order valence-corrected chi connectivity index (χ4v) is 5.79. The number of carbonyl (C=O) groups excluding carboxylic acids is 2. The van der Waals surface area contributed by atoms with Crippen molar-refractivity contribution in [3.63, 3.8) is 0 Å². The van der Waals surface area contributed by atoms with E-state index in [4.69, 9.17) is 11.6 Å². The molecule has 2 amide bonds. The molecule has 1 aromatic heterocycles. The number of amides is 2. The van der Waals surface area contributed by atoms with Gasteiger partial charge in [-0.05, 0) is 70.5 Å². The number of rotatable bonds is 7. The molecule has 0 N–H and O–H groups in total. The van der Waals surface area contributed by atoms with E-state index in [-0.39, 0.29) is 18.4 Å². The lowest BCUT2D eigenvalue weighted by atomic mass is 10.0. The van der Waals surface area contributed by atoms with Crippen LogP contribution in [0.2, 0.25) is 5.15 Å². The minimum absolute atomic E-state index is 0.0403. The summed E-state index contributed by atoms with van der Waals surface area (Å²) in [6.45, 7) is 10.3. The lowest BCUT2D eigenvalue weighted by molar-refractivity contribution is -0.486.